The van der Waals surface area contributed by atoms with Crippen molar-refractivity contribution in [2.24, 2.45) is 0 Å². The lowest BCUT2D eigenvalue weighted by molar-refractivity contribution is -0.145. The molecule has 2 aromatic carbocycles. The third-order valence-electron chi connectivity index (χ3n) is 6.60. The average molecular weight is 601 g/mol. The Morgan fingerprint density at radius 2 is 1.87 bits per heavy atom. The van der Waals surface area contributed by atoms with Crippen LogP contribution in [-0.4, -0.2) is 65.7 Å². The number of ether oxygens (including phenoxy) is 3. The van der Waals surface area contributed by atoms with Crippen molar-refractivity contribution in [1.82, 2.24) is 9.80 Å². The summed E-state index contributed by atoms with van der Waals surface area (Å²) in [6, 6.07) is 13.8. The van der Waals surface area contributed by atoms with Gasteiger partial charge in [-0.1, -0.05) is 46.3 Å². The van der Waals surface area contributed by atoms with Crippen LogP contribution in [0.1, 0.15) is 56.8 Å². The monoisotopic (exact) mass is 600 g/mol. The molecule has 10 heteroatoms. The molecule has 0 unspecified atom stereocenters. The third-order valence-corrected chi connectivity index (χ3v) is 7.09. The molecule has 9 nitrogen and oxygen atoms in total. The largest absolute Gasteiger partial charge is 0.486 e. The Bertz CT molecular complexity index is 1380. The van der Waals surface area contributed by atoms with Crippen molar-refractivity contribution in [2.75, 3.05) is 26.9 Å². The van der Waals surface area contributed by atoms with E-state index in [9.17, 15) is 14.4 Å². The van der Waals surface area contributed by atoms with E-state index in [2.05, 4.69) is 15.9 Å². The number of halogens is 1. The number of hydrogen-bond donors (Lipinski definition) is 0. The van der Waals surface area contributed by atoms with E-state index in [1.165, 1.54) is 12.0 Å². The molecule has 0 radical (unpaired) electrons. The first-order valence-electron chi connectivity index (χ1n) is 12.6. The van der Waals surface area contributed by atoms with Gasteiger partial charge in [0.15, 0.2) is 11.3 Å². The lowest BCUT2D eigenvalue weighted by Gasteiger charge is -2.41. The molecule has 0 saturated carbocycles. The lowest BCUT2D eigenvalue weighted by Crippen LogP contribution is -2.64. The SMILES string of the molecule is COCCN1C(=O)c2oc3cc(Br)ccc3c2OC[C@]1(C)C(=O)N(C(=O)OC(C)(C)C)[C@@H](C)c1ccccc1. The average Bonchev–Trinajstić information content (AvgIpc) is 3.19. The third kappa shape index (κ3) is 5.67. The summed E-state index contributed by atoms with van der Waals surface area (Å²) in [5, 5.41) is 0.603. The van der Waals surface area contributed by atoms with Gasteiger partial charge in [-0.25, -0.2) is 9.69 Å². The van der Waals surface area contributed by atoms with Gasteiger partial charge in [-0.2, -0.15) is 0 Å². The standard InChI is InChI=1S/C29H33BrN2O7/c1-18(19-10-8-7-9-11-19)32(27(35)39-28(2,3)4)26(34)29(5)17-37-23-21-13-12-20(30)16-22(21)38-24(23)25(33)31(29)14-15-36-6/h7-13,16,18H,14-15,17H2,1-6H3/t18-,29+/m0/s1. The second kappa shape index (κ2) is 11.0. The molecule has 2 atom stereocenters. The van der Waals surface area contributed by atoms with Crippen LogP contribution in [0, 0.1) is 0 Å². The summed E-state index contributed by atoms with van der Waals surface area (Å²) in [6.07, 6.45) is -0.819. The van der Waals surface area contributed by atoms with Crippen LogP contribution < -0.4 is 4.74 Å². The van der Waals surface area contributed by atoms with Crippen LogP contribution in [0.2, 0.25) is 0 Å². The van der Waals surface area contributed by atoms with Gasteiger partial charge in [0, 0.05) is 18.1 Å². The maximum Gasteiger partial charge on any atom is 0.417 e. The fraction of sp³-hybridized carbons (Fsp3) is 0.414. The highest BCUT2D eigenvalue weighted by Gasteiger charge is 2.52. The fourth-order valence-electron chi connectivity index (χ4n) is 4.54. The molecule has 4 rings (SSSR count). The van der Waals surface area contributed by atoms with Gasteiger partial charge in [-0.05, 0) is 58.4 Å². The normalized spacial score (nSPS) is 18.2. The summed E-state index contributed by atoms with van der Waals surface area (Å²) in [4.78, 5) is 44.4. The van der Waals surface area contributed by atoms with E-state index in [0.29, 0.717) is 11.0 Å². The Morgan fingerprint density at radius 3 is 2.51 bits per heavy atom. The number of hydrogen-bond acceptors (Lipinski definition) is 7. The minimum absolute atomic E-state index is 0.0179. The maximum atomic E-state index is 14.5. The summed E-state index contributed by atoms with van der Waals surface area (Å²) in [5.74, 6) is -0.953. The topological polar surface area (TPSA) is 98.5 Å². The van der Waals surface area contributed by atoms with E-state index in [4.69, 9.17) is 18.6 Å². The van der Waals surface area contributed by atoms with Crippen molar-refractivity contribution < 1.29 is 33.0 Å². The summed E-state index contributed by atoms with van der Waals surface area (Å²) in [7, 11) is 1.51. The van der Waals surface area contributed by atoms with Gasteiger partial charge in [0.1, 0.15) is 17.8 Å². The van der Waals surface area contributed by atoms with Crippen LogP contribution in [-0.2, 0) is 14.3 Å². The van der Waals surface area contributed by atoms with E-state index in [0.717, 1.165) is 14.9 Å². The van der Waals surface area contributed by atoms with Gasteiger partial charge in [0.05, 0.1) is 18.0 Å². The molecule has 0 N–H and O–H groups in total. The molecular formula is C29H33BrN2O7. The summed E-state index contributed by atoms with van der Waals surface area (Å²) < 4.78 is 23.8. The van der Waals surface area contributed by atoms with Crippen LogP contribution in [0.5, 0.6) is 5.75 Å². The second-order valence-electron chi connectivity index (χ2n) is 10.7. The molecular weight excluding hydrogens is 568 g/mol. The van der Waals surface area contributed by atoms with Gasteiger partial charge in [0.2, 0.25) is 5.76 Å². The first-order valence-corrected chi connectivity index (χ1v) is 13.4. The molecule has 208 valence electrons. The Balaban J connectivity index is 1.81. The molecule has 0 aliphatic carbocycles. The number of furan rings is 1. The fourth-order valence-corrected chi connectivity index (χ4v) is 4.88. The highest BCUT2D eigenvalue weighted by molar-refractivity contribution is 9.10. The molecule has 1 aromatic heterocycles. The van der Waals surface area contributed by atoms with Gasteiger partial charge in [-0.3, -0.25) is 9.59 Å². The molecule has 0 spiro atoms. The van der Waals surface area contributed by atoms with Crippen LogP contribution in [0.25, 0.3) is 11.0 Å². The Morgan fingerprint density at radius 1 is 1.18 bits per heavy atom. The zero-order valence-corrected chi connectivity index (χ0v) is 24.5. The van der Waals surface area contributed by atoms with E-state index >= 15 is 0 Å². The van der Waals surface area contributed by atoms with Gasteiger partial charge >= 0.3 is 6.09 Å². The minimum atomic E-state index is -1.60. The van der Waals surface area contributed by atoms with E-state index in [1.807, 2.05) is 36.4 Å². The molecule has 1 aliphatic rings. The molecule has 0 saturated heterocycles. The second-order valence-corrected chi connectivity index (χ2v) is 11.6. The Kier molecular flexibility index (Phi) is 8.09. The van der Waals surface area contributed by atoms with Crippen molar-refractivity contribution in [1.29, 1.82) is 0 Å². The summed E-state index contributed by atoms with van der Waals surface area (Å²) in [5.41, 5.74) is -1.25. The van der Waals surface area contributed by atoms with E-state index in [1.54, 1.807) is 46.8 Å². The smallest absolute Gasteiger partial charge is 0.417 e. The number of methoxy groups -OCH3 is 1. The van der Waals surface area contributed by atoms with Crippen LogP contribution in [0.15, 0.2) is 57.4 Å². The molecule has 2 heterocycles. The Hall–Kier alpha value is -3.37. The Labute approximate surface area is 236 Å². The summed E-state index contributed by atoms with van der Waals surface area (Å²) >= 11 is 3.42. The molecule has 3 amide bonds. The first kappa shape index (κ1) is 28.6. The molecule has 0 bridgehead atoms. The zero-order chi connectivity index (χ0) is 28.5. The summed E-state index contributed by atoms with van der Waals surface area (Å²) in [6.45, 7) is 8.50. The number of carbonyl (C=O) groups excluding carboxylic acids is 3. The highest BCUT2D eigenvalue weighted by Crippen LogP contribution is 2.40. The van der Waals surface area contributed by atoms with Gasteiger partial charge in [0.25, 0.3) is 11.8 Å². The van der Waals surface area contributed by atoms with Crippen LogP contribution in [0.3, 0.4) is 0 Å². The van der Waals surface area contributed by atoms with Crippen LogP contribution >= 0.6 is 15.9 Å². The molecule has 0 fully saturated rings. The first-order chi connectivity index (χ1) is 18.4. The van der Waals surface area contributed by atoms with Crippen molar-refractivity contribution in [3.05, 3.63) is 64.3 Å². The van der Waals surface area contributed by atoms with Crippen molar-refractivity contribution >= 4 is 44.8 Å². The maximum absolute atomic E-state index is 14.5. The quantitative estimate of drug-likeness (QED) is 0.344. The van der Waals surface area contributed by atoms with Crippen molar-refractivity contribution in [3.8, 4) is 5.75 Å². The van der Waals surface area contributed by atoms with Gasteiger partial charge in [-0.15, -0.1) is 0 Å². The zero-order valence-electron chi connectivity index (χ0n) is 22.9. The number of amides is 3. The van der Waals surface area contributed by atoms with E-state index in [-0.39, 0.29) is 31.3 Å². The number of nitrogens with zero attached hydrogens (tertiary/aromatic N) is 2. The predicted octanol–water partition coefficient (Wildman–Crippen LogP) is 5.96. The number of imide groups is 1. The predicted molar refractivity (Wildman–Crippen MR) is 149 cm³/mol. The number of benzene rings is 2. The number of rotatable bonds is 6. The molecule has 39 heavy (non-hydrogen) atoms. The minimum Gasteiger partial charge on any atom is -0.486 e. The van der Waals surface area contributed by atoms with Crippen molar-refractivity contribution in [3.63, 3.8) is 0 Å². The molecule has 1 aliphatic heterocycles. The number of carbonyl (C=O) groups is 3. The lowest BCUT2D eigenvalue weighted by atomic mass is 9.96. The van der Waals surface area contributed by atoms with Crippen molar-refractivity contribution in [2.45, 2.75) is 51.8 Å². The number of fused-ring (bicyclic) bond motifs is 3. The van der Waals surface area contributed by atoms with E-state index < -0.39 is 35.1 Å². The molecule has 3 aromatic rings. The van der Waals surface area contributed by atoms with Crippen LogP contribution in [0.4, 0.5) is 4.79 Å². The van der Waals surface area contributed by atoms with Gasteiger partial charge < -0.3 is 23.5 Å². The highest BCUT2D eigenvalue weighted by atomic mass is 79.9.